The second-order valence-electron chi connectivity index (χ2n) is 3.66. The van der Waals surface area contributed by atoms with Crippen molar-refractivity contribution in [2.75, 3.05) is 13.1 Å². The molecule has 1 N–H and O–H groups in total. The number of hydrazine groups is 1. The standard InChI is InChI=1S/C10H20N2/c1-4-9(2)6-8-12-10(3)5-7-11-12/h5,9,11H,4,6-8H2,1-3H3. The maximum atomic E-state index is 3.33. The minimum atomic E-state index is 0.847. The highest BCUT2D eigenvalue weighted by Gasteiger charge is 2.10. The van der Waals surface area contributed by atoms with Crippen molar-refractivity contribution < 1.29 is 0 Å². The first-order valence-electron chi connectivity index (χ1n) is 4.91. The SMILES string of the molecule is CCC(C)CCN1NCC=C1C. The molecular weight excluding hydrogens is 148 g/mol. The summed E-state index contributed by atoms with van der Waals surface area (Å²) in [6, 6.07) is 0. The maximum absolute atomic E-state index is 3.33. The fourth-order valence-corrected chi connectivity index (χ4v) is 1.35. The van der Waals surface area contributed by atoms with Gasteiger partial charge in [0.15, 0.2) is 0 Å². The lowest BCUT2D eigenvalue weighted by atomic mass is 10.1. The molecule has 0 amide bonds. The fourth-order valence-electron chi connectivity index (χ4n) is 1.35. The molecule has 1 atom stereocenters. The molecule has 1 unspecified atom stereocenters. The maximum Gasteiger partial charge on any atom is 0.0351 e. The van der Waals surface area contributed by atoms with Crippen LogP contribution in [0, 0.1) is 5.92 Å². The summed E-state index contributed by atoms with van der Waals surface area (Å²) in [4.78, 5) is 0. The van der Waals surface area contributed by atoms with Crippen molar-refractivity contribution in [2.45, 2.75) is 33.6 Å². The first kappa shape index (κ1) is 9.59. The molecule has 0 aromatic heterocycles. The average molecular weight is 168 g/mol. The quantitative estimate of drug-likeness (QED) is 0.692. The van der Waals surface area contributed by atoms with E-state index in [4.69, 9.17) is 0 Å². The normalized spacial score (nSPS) is 19.6. The van der Waals surface area contributed by atoms with Gasteiger partial charge in [-0.15, -0.1) is 0 Å². The van der Waals surface area contributed by atoms with Gasteiger partial charge in [-0.3, -0.25) is 0 Å². The molecule has 0 spiro atoms. The van der Waals surface area contributed by atoms with Gasteiger partial charge in [0.1, 0.15) is 0 Å². The highest BCUT2D eigenvalue weighted by molar-refractivity contribution is 5.02. The van der Waals surface area contributed by atoms with Gasteiger partial charge in [0.2, 0.25) is 0 Å². The van der Waals surface area contributed by atoms with Crippen molar-refractivity contribution in [3.8, 4) is 0 Å². The molecule has 0 saturated heterocycles. The van der Waals surface area contributed by atoms with Crippen LogP contribution in [0.3, 0.4) is 0 Å². The predicted octanol–water partition coefficient (Wildman–Crippen LogP) is 2.15. The molecule has 1 aliphatic rings. The van der Waals surface area contributed by atoms with Crippen molar-refractivity contribution in [1.29, 1.82) is 0 Å². The predicted molar refractivity (Wildman–Crippen MR) is 52.5 cm³/mol. The first-order valence-corrected chi connectivity index (χ1v) is 4.91. The summed E-state index contributed by atoms with van der Waals surface area (Å²) in [5.74, 6) is 0.847. The summed E-state index contributed by atoms with van der Waals surface area (Å²) < 4.78 is 0. The van der Waals surface area contributed by atoms with Crippen LogP contribution in [0.15, 0.2) is 11.8 Å². The van der Waals surface area contributed by atoms with E-state index >= 15 is 0 Å². The van der Waals surface area contributed by atoms with Crippen molar-refractivity contribution >= 4 is 0 Å². The van der Waals surface area contributed by atoms with Gasteiger partial charge in [0, 0.05) is 18.8 Å². The van der Waals surface area contributed by atoms with Crippen LogP contribution < -0.4 is 5.43 Å². The molecule has 1 heterocycles. The van der Waals surface area contributed by atoms with Crippen LogP contribution in [-0.4, -0.2) is 18.1 Å². The van der Waals surface area contributed by atoms with Gasteiger partial charge < -0.3 is 5.01 Å². The van der Waals surface area contributed by atoms with Crippen LogP contribution in [0.25, 0.3) is 0 Å². The van der Waals surface area contributed by atoms with Crippen LogP contribution in [0.1, 0.15) is 33.6 Å². The Labute approximate surface area is 75.6 Å². The zero-order chi connectivity index (χ0) is 8.97. The third-order valence-corrected chi connectivity index (χ3v) is 2.65. The van der Waals surface area contributed by atoms with E-state index in [1.807, 2.05) is 0 Å². The summed E-state index contributed by atoms with van der Waals surface area (Å²) in [6.07, 6.45) is 4.81. The Hall–Kier alpha value is -0.500. The fraction of sp³-hybridized carbons (Fsp3) is 0.800. The molecule has 0 radical (unpaired) electrons. The number of rotatable bonds is 4. The molecule has 12 heavy (non-hydrogen) atoms. The Bertz CT molecular complexity index is 163. The minimum Gasteiger partial charge on any atom is -0.313 e. The van der Waals surface area contributed by atoms with E-state index in [1.165, 1.54) is 18.5 Å². The molecule has 70 valence electrons. The van der Waals surface area contributed by atoms with E-state index in [9.17, 15) is 0 Å². The molecular formula is C10H20N2. The van der Waals surface area contributed by atoms with Crippen molar-refractivity contribution in [3.63, 3.8) is 0 Å². The minimum absolute atomic E-state index is 0.847. The van der Waals surface area contributed by atoms with Crippen LogP contribution in [0.5, 0.6) is 0 Å². The van der Waals surface area contributed by atoms with Gasteiger partial charge in [0.05, 0.1) is 0 Å². The molecule has 1 aliphatic heterocycles. The molecule has 0 saturated carbocycles. The van der Waals surface area contributed by atoms with E-state index in [0.29, 0.717) is 0 Å². The van der Waals surface area contributed by atoms with Gasteiger partial charge >= 0.3 is 0 Å². The summed E-state index contributed by atoms with van der Waals surface area (Å²) in [7, 11) is 0. The van der Waals surface area contributed by atoms with Crippen LogP contribution in [0.2, 0.25) is 0 Å². The molecule has 0 aromatic carbocycles. The van der Waals surface area contributed by atoms with Crippen LogP contribution in [0.4, 0.5) is 0 Å². The molecule has 1 rings (SSSR count). The lowest BCUT2D eigenvalue weighted by molar-refractivity contribution is 0.260. The molecule has 0 fully saturated rings. The first-order chi connectivity index (χ1) is 5.74. The largest absolute Gasteiger partial charge is 0.313 e. The topological polar surface area (TPSA) is 15.3 Å². The Kier molecular flexibility index (Phi) is 3.60. The van der Waals surface area contributed by atoms with E-state index in [1.54, 1.807) is 0 Å². The number of nitrogens with one attached hydrogen (secondary N) is 1. The third kappa shape index (κ3) is 2.52. The highest BCUT2D eigenvalue weighted by atomic mass is 15.5. The van der Waals surface area contributed by atoms with E-state index in [0.717, 1.165) is 19.0 Å². The molecule has 0 bridgehead atoms. The summed E-state index contributed by atoms with van der Waals surface area (Å²) in [6.45, 7) is 8.89. The smallest absolute Gasteiger partial charge is 0.0351 e. The second-order valence-corrected chi connectivity index (χ2v) is 3.66. The second kappa shape index (κ2) is 4.51. The van der Waals surface area contributed by atoms with Gasteiger partial charge in [0.25, 0.3) is 0 Å². The number of allylic oxidation sites excluding steroid dienone is 1. The number of hydrogen-bond acceptors (Lipinski definition) is 2. The summed E-state index contributed by atoms with van der Waals surface area (Å²) in [5, 5.41) is 2.26. The van der Waals surface area contributed by atoms with Crippen LogP contribution in [-0.2, 0) is 0 Å². The molecule has 0 aliphatic carbocycles. The van der Waals surface area contributed by atoms with Gasteiger partial charge in [-0.05, 0) is 25.3 Å². The van der Waals surface area contributed by atoms with E-state index in [-0.39, 0.29) is 0 Å². The van der Waals surface area contributed by atoms with E-state index < -0.39 is 0 Å². The zero-order valence-corrected chi connectivity index (χ0v) is 8.43. The molecule has 2 nitrogen and oxygen atoms in total. The Balaban J connectivity index is 2.19. The lowest BCUT2D eigenvalue weighted by Crippen LogP contribution is -2.32. The summed E-state index contributed by atoms with van der Waals surface area (Å²) in [5.41, 5.74) is 4.70. The monoisotopic (exact) mass is 168 g/mol. The highest BCUT2D eigenvalue weighted by Crippen LogP contribution is 2.11. The Morgan fingerprint density at radius 3 is 2.92 bits per heavy atom. The van der Waals surface area contributed by atoms with Gasteiger partial charge in [-0.25, -0.2) is 5.43 Å². The van der Waals surface area contributed by atoms with Crippen molar-refractivity contribution in [1.82, 2.24) is 10.4 Å². The third-order valence-electron chi connectivity index (χ3n) is 2.65. The summed E-state index contributed by atoms with van der Waals surface area (Å²) >= 11 is 0. The van der Waals surface area contributed by atoms with Crippen molar-refractivity contribution in [2.24, 2.45) is 5.92 Å². The number of hydrogen-bond donors (Lipinski definition) is 1. The number of nitrogens with zero attached hydrogens (tertiary/aromatic N) is 1. The molecule has 2 heteroatoms. The average Bonchev–Trinajstić information content (AvgIpc) is 2.47. The Morgan fingerprint density at radius 1 is 1.67 bits per heavy atom. The molecule has 0 aromatic rings. The Morgan fingerprint density at radius 2 is 2.42 bits per heavy atom. The van der Waals surface area contributed by atoms with Crippen LogP contribution >= 0.6 is 0 Å². The zero-order valence-electron chi connectivity index (χ0n) is 8.43. The van der Waals surface area contributed by atoms with Gasteiger partial charge in [-0.2, -0.15) is 0 Å². The van der Waals surface area contributed by atoms with E-state index in [2.05, 4.69) is 37.3 Å². The van der Waals surface area contributed by atoms with Crippen molar-refractivity contribution in [3.05, 3.63) is 11.8 Å². The lowest BCUT2D eigenvalue weighted by Gasteiger charge is -2.21. The van der Waals surface area contributed by atoms with Gasteiger partial charge in [-0.1, -0.05) is 20.3 Å².